The Labute approximate surface area is 274 Å². The maximum absolute atomic E-state index is 13.2. The lowest BCUT2D eigenvalue weighted by atomic mass is 10.1. The van der Waals surface area contributed by atoms with E-state index in [1.807, 2.05) is 25.1 Å². The number of anilines is 5. The van der Waals surface area contributed by atoms with Gasteiger partial charge in [0, 0.05) is 44.9 Å². The molecule has 1 unspecified atom stereocenters. The number of hydrogen-bond donors (Lipinski definition) is 2. The van der Waals surface area contributed by atoms with Crippen LogP contribution in [0.3, 0.4) is 0 Å². The number of ether oxygens (including phenoxy) is 1. The first-order valence-corrected chi connectivity index (χ1v) is 15.7. The number of aromatic nitrogens is 3. The molecule has 1 aromatic carbocycles. The number of hydrogen-bond acceptors (Lipinski definition) is 10. The number of nitrogens with zero attached hydrogens (tertiary/aromatic N) is 6. The van der Waals surface area contributed by atoms with Crippen molar-refractivity contribution in [1.29, 1.82) is 0 Å². The Morgan fingerprint density at radius 1 is 1.17 bits per heavy atom. The summed E-state index contributed by atoms with van der Waals surface area (Å²) in [5, 5.41) is 6.92. The van der Waals surface area contributed by atoms with Crippen LogP contribution in [-0.2, 0) is 9.59 Å². The molecule has 3 amide bonds. The van der Waals surface area contributed by atoms with Crippen molar-refractivity contribution in [2.75, 3.05) is 54.2 Å². The van der Waals surface area contributed by atoms with Crippen molar-refractivity contribution in [2.45, 2.75) is 19.4 Å². The third kappa shape index (κ3) is 5.98. The van der Waals surface area contributed by atoms with Crippen molar-refractivity contribution in [3.05, 3.63) is 76.9 Å². The average Bonchev–Trinajstić information content (AvgIpc) is 3.50. The maximum atomic E-state index is 13.2. The first kappa shape index (κ1) is 31.0. The minimum absolute atomic E-state index is 0.0704. The highest BCUT2D eigenvalue weighted by molar-refractivity contribution is 7.17. The molecule has 6 rings (SSSR count). The van der Waals surface area contributed by atoms with Crippen molar-refractivity contribution in [2.24, 2.45) is 0 Å². The second-order valence-corrected chi connectivity index (χ2v) is 12.3. The maximum Gasteiger partial charge on any atom is 0.267 e. The zero-order chi connectivity index (χ0) is 32.5. The van der Waals surface area contributed by atoms with Gasteiger partial charge in [0.05, 0.1) is 41.4 Å². The summed E-state index contributed by atoms with van der Waals surface area (Å²) in [6.07, 6.45) is 4.76. The van der Waals surface area contributed by atoms with Crippen molar-refractivity contribution in [1.82, 2.24) is 19.9 Å². The number of fused-ring (bicyclic) bond motifs is 3. The Kier molecular flexibility index (Phi) is 8.61. The molecule has 0 radical (unpaired) electrons. The van der Waals surface area contributed by atoms with Gasteiger partial charge >= 0.3 is 0 Å². The van der Waals surface area contributed by atoms with Gasteiger partial charge < -0.3 is 30.1 Å². The van der Waals surface area contributed by atoms with E-state index in [1.165, 1.54) is 19.4 Å². The lowest BCUT2D eigenvalue weighted by molar-refractivity contribution is -0.127. The van der Waals surface area contributed by atoms with Crippen LogP contribution in [0.2, 0.25) is 5.02 Å². The lowest BCUT2D eigenvalue weighted by Gasteiger charge is -2.40. The lowest BCUT2D eigenvalue weighted by Crippen LogP contribution is -2.55. The summed E-state index contributed by atoms with van der Waals surface area (Å²) in [6, 6.07) is 10.7. The van der Waals surface area contributed by atoms with Gasteiger partial charge in [-0.05, 0) is 42.8 Å². The number of para-hydroxylation sites is 1. The van der Waals surface area contributed by atoms with Gasteiger partial charge in [0.25, 0.3) is 5.91 Å². The second kappa shape index (κ2) is 12.8. The number of rotatable bonds is 7. The molecular weight excluding hydrogens is 628 g/mol. The molecule has 236 valence electrons. The smallest absolute Gasteiger partial charge is 0.267 e. The van der Waals surface area contributed by atoms with E-state index in [0.29, 0.717) is 74.7 Å². The molecule has 2 aliphatic rings. The van der Waals surface area contributed by atoms with E-state index in [9.17, 15) is 14.4 Å². The van der Waals surface area contributed by atoms with Gasteiger partial charge in [-0.15, -0.1) is 0 Å². The molecule has 1 fully saturated rings. The number of methoxy groups -OCH3 is 1. The molecular formula is C32H31ClN8O4S. The Morgan fingerprint density at radius 3 is 2.76 bits per heavy atom. The fourth-order valence-electron chi connectivity index (χ4n) is 5.53. The quantitative estimate of drug-likeness (QED) is 0.259. The third-order valence-corrected chi connectivity index (χ3v) is 9.25. The third-order valence-electron chi connectivity index (χ3n) is 8.02. The van der Waals surface area contributed by atoms with Gasteiger partial charge in [0.15, 0.2) is 22.5 Å². The summed E-state index contributed by atoms with van der Waals surface area (Å²) in [6.45, 7) is 6.94. The number of thiazole rings is 1. The van der Waals surface area contributed by atoms with Gasteiger partial charge in [-0.1, -0.05) is 41.6 Å². The van der Waals surface area contributed by atoms with Crippen LogP contribution < -0.4 is 25.2 Å². The molecule has 14 heteroatoms. The SMILES string of the molecule is C=CC(=O)N1CCN2c3ncc(-c4ccc(OC)c(Nc5ncc(C(=O)Nc6c(C)cccc6Cl)s5)n4)cc3N(C)C(=O)CC2C1. The summed E-state index contributed by atoms with van der Waals surface area (Å²) < 4.78 is 5.55. The Bertz CT molecular complexity index is 1840. The van der Waals surface area contributed by atoms with Gasteiger partial charge in [-0.3, -0.25) is 14.4 Å². The van der Waals surface area contributed by atoms with Gasteiger partial charge in [-0.25, -0.2) is 15.0 Å². The average molecular weight is 659 g/mol. The zero-order valence-electron chi connectivity index (χ0n) is 25.4. The van der Waals surface area contributed by atoms with Crippen molar-refractivity contribution >= 4 is 68.8 Å². The molecule has 1 saturated heterocycles. The molecule has 2 N–H and O–H groups in total. The summed E-state index contributed by atoms with van der Waals surface area (Å²) in [5.41, 5.74) is 3.34. The van der Waals surface area contributed by atoms with E-state index in [4.69, 9.17) is 26.3 Å². The summed E-state index contributed by atoms with van der Waals surface area (Å²) in [4.78, 5) is 58.2. The molecule has 46 heavy (non-hydrogen) atoms. The zero-order valence-corrected chi connectivity index (χ0v) is 27.0. The molecule has 12 nitrogen and oxygen atoms in total. The van der Waals surface area contributed by atoms with E-state index in [-0.39, 0.29) is 30.2 Å². The van der Waals surface area contributed by atoms with E-state index in [1.54, 1.807) is 41.2 Å². The van der Waals surface area contributed by atoms with Crippen molar-refractivity contribution in [3.8, 4) is 17.0 Å². The highest BCUT2D eigenvalue weighted by Crippen LogP contribution is 2.38. The van der Waals surface area contributed by atoms with Crippen LogP contribution in [0.1, 0.15) is 21.7 Å². The summed E-state index contributed by atoms with van der Waals surface area (Å²) in [5.74, 6) is 1.00. The topological polar surface area (TPSA) is 133 Å². The molecule has 0 spiro atoms. The van der Waals surface area contributed by atoms with E-state index < -0.39 is 0 Å². The Hall–Kier alpha value is -5.01. The molecule has 3 aromatic heterocycles. The molecule has 0 bridgehead atoms. The van der Waals surface area contributed by atoms with Crippen LogP contribution in [0.25, 0.3) is 11.3 Å². The molecule has 1 atom stereocenters. The Balaban J connectivity index is 1.25. The van der Waals surface area contributed by atoms with E-state index >= 15 is 0 Å². The predicted molar refractivity (Wildman–Crippen MR) is 179 cm³/mol. The normalized spacial score (nSPS) is 15.9. The van der Waals surface area contributed by atoms with Crippen molar-refractivity contribution < 1.29 is 19.1 Å². The standard InChI is InChI=1S/C32H31ClN8O4S/c1-5-26(42)40-11-12-41-20(17-40)14-27(43)39(3)23-13-19(15-34-30(23)41)22-9-10-24(45-4)29(36-22)38-32-35-16-25(46-32)31(44)37-28-18(2)7-6-8-21(28)33/h5-10,13,15-16,20H,1,11-12,14,17H2,2-4H3,(H,37,44)(H,35,36,38). The van der Waals surface area contributed by atoms with Gasteiger partial charge in [0.1, 0.15) is 4.88 Å². The fourth-order valence-corrected chi connectivity index (χ4v) is 6.51. The Morgan fingerprint density at radius 2 is 2.00 bits per heavy atom. The van der Waals surface area contributed by atoms with Crippen LogP contribution in [0, 0.1) is 6.92 Å². The van der Waals surface area contributed by atoms with Crippen LogP contribution in [0.4, 0.5) is 28.1 Å². The van der Waals surface area contributed by atoms with E-state index in [0.717, 1.165) is 16.9 Å². The van der Waals surface area contributed by atoms with Crippen LogP contribution in [-0.4, -0.2) is 77.4 Å². The number of aryl methyl sites for hydroxylation is 1. The monoisotopic (exact) mass is 658 g/mol. The first-order chi connectivity index (χ1) is 22.2. The molecule has 2 aliphatic heterocycles. The predicted octanol–water partition coefficient (Wildman–Crippen LogP) is 5.14. The number of halogens is 1. The highest BCUT2D eigenvalue weighted by atomic mass is 35.5. The van der Waals surface area contributed by atoms with Gasteiger partial charge in [-0.2, -0.15) is 0 Å². The highest BCUT2D eigenvalue weighted by Gasteiger charge is 2.37. The van der Waals surface area contributed by atoms with Crippen LogP contribution in [0.5, 0.6) is 5.75 Å². The first-order valence-electron chi connectivity index (χ1n) is 14.5. The minimum Gasteiger partial charge on any atom is -0.493 e. The minimum atomic E-state index is -0.332. The molecule has 4 aromatic rings. The number of nitrogens with one attached hydrogen (secondary N) is 2. The number of carbonyl (C=O) groups excluding carboxylic acids is 3. The van der Waals surface area contributed by atoms with Gasteiger partial charge in [0.2, 0.25) is 11.8 Å². The molecule has 0 saturated carbocycles. The number of benzene rings is 1. The number of amides is 3. The second-order valence-electron chi connectivity index (χ2n) is 10.8. The molecule has 5 heterocycles. The number of carbonyl (C=O) groups is 3. The van der Waals surface area contributed by atoms with Crippen LogP contribution >= 0.6 is 22.9 Å². The summed E-state index contributed by atoms with van der Waals surface area (Å²) >= 11 is 7.44. The summed E-state index contributed by atoms with van der Waals surface area (Å²) in [7, 11) is 3.27. The fraction of sp³-hybridized carbons (Fsp3) is 0.250. The largest absolute Gasteiger partial charge is 0.493 e. The van der Waals surface area contributed by atoms with Crippen molar-refractivity contribution in [3.63, 3.8) is 0 Å². The number of piperazine rings is 1. The number of pyridine rings is 2. The molecule has 0 aliphatic carbocycles. The van der Waals surface area contributed by atoms with E-state index in [2.05, 4.69) is 27.1 Å². The van der Waals surface area contributed by atoms with Crippen LogP contribution in [0.15, 0.2) is 61.4 Å².